The van der Waals surface area contributed by atoms with Crippen LogP contribution in [0.3, 0.4) is 0 Å². The van der Waals surface area contributed by atoms with Gasteiger partial charge in [-0.05, 0) is 40.3 Å². The first-order valence-corrected chi connectivity index (χ1v) is 6.49. The molecule has 0 heterocycles. The summed E-state index contributed by atoms with van der Waals surface area (Å²) >= 11 is 0. The van der Waals surface area contributed by atoms with Crippen molar-refractivity contribution in [2.75, 3.05) is 0 Å². The molecule has 2 nitrogen and oxygen atoms in total. The molecule has 0 unspecified atom stereocenters. The molecule has 2 heteroatoms. The number of hydrogen-bond donors (Lipinski definition) is 1. The lowest BCUT2D eigenvalue weighted by molar-refractivity contribution is -0.130. The Morgan fingerprint density at radius 2 is 1.85 bits per heavy atom. The minimum Gasteiger partial charge on any atom is -0.478 e. The molecule has 2 aromatic carbocycles. The maximum atomic E-state index is 11.4. The molecule has 98 valence electrons. The van der Waals surface area contributed by atoms with E-state index in [0.29, 0.717) is 5.57 Å². The Labute approximate surface area is 117 Å². The topological polar surface area (TPSA) is 37.3 Å². The van der Waals surface area contributed by atoms with Gasteiger partial charge in [0, 0.05) is 0 Å². The zero-order valence-electron chi connectivity index (χ0n) is 11.0. The Bertz CT molecular complexity index is 739. The highest BCUT2D eigenvalue weighted by Crippen LogP contribution is 2.39. The smallest absolute Gasteiger partial charge is 0.336 e. The predicted octanol–water partition coefficient (Wildman–Crippen LogP) is 3.91. The van der Waals surface area contributed by atoms with Crippen molar-refractivity contribution >= 4 is 11.5 Å². The van der Waals surface area contributed by atoms with Gasteiger partial charge in [0.2, 0.25) is 0 Å². The third kappa shape index (κ3) is 1.86. The van der Waals surface area contributed by atoms with Crippen LogP contribution < -0.4 is 0 Å². The molecule has 3 rings (SSSR count). The van der Waals surface area contributed by atoms with E-state index in [0.717, 1.165) is 23.1 Å². The molecule has 0 spiro atoms. The molecule has 0 saturated heterocycles. The van der Waals surface area contributed by atoms with Gasteiger partial charge in [-0.2, -0.15) is 0 Å². The lowest BCUT2D eigenvalue weighted by Crippen LogP contribution is -2.02. The van der Waals surface area contributed by atoms with Gasteiger partial charge < -0.3 is 5.11 Å². The van der Waals surface area contributed by atoms with Crippen molar-refractivity contribution in [1.29, 1.82) is 0 Å². The summed E-state index contributed by atoms with van der Waals surface area (Å²) in [4.78, 5) is 11.4. The van der Waals surface area contributed by atoms with E-state index in [1.807, 2.05) is 24.3 Å². The van der Waals surface area contributed by atoms with E-state index < -0.39 is 5.97 Å². The molecule has 0 fully saturated rings. The third-order valence-corrected chi connectivity index (χ3v) is 3.66. The van der Waals surface area contributed by atoms with Crippen LogP contribution >= 0.6 is 0 Å². The minimum absolute atomic E-state index is 0.296. The second kappa shape index (κ2) is 4.82. The summed E-state index contributed by atoms with van der Waals surface area (Å²) in [6.07, 6.45) is 3.86. The van der Waals surface area contributed by atoms with E-state index in [1.165, 1.54) is 17.2 Å². The molecule has 1 aliphatic carbocycles. The van der Waals surface area contributed by atoms with Crippen LogP contribution in [0, 0.1) is 0 Å². The van der Waals surface area contributed by atoms with Gasteiger partial charge >= 0.3 is 5.97 Å². The molecular weight excluding hydrogens is 248 g/mol. The van der Waals surface area contributed by atoms with E-state index in [-0.39, 0.29) is 0 Å². The molecule has 0 radical (unpaired) electrons. The van der Waals surface area contributed by atoms with Gasteiger partial charge in [0.05, 0.1) is 5.57 Å². The van der Waals surface area contributed by atoms with E-state index in [9.17, 15) is 9.90 Å². The van der Waals surface area contributed by atoms with Gasteiger partial charge in [-0.3, -0.25) is 0 Å². The van der Waals surface area contributed by atoms with Gasteiger partial charge in [-0.25, -0.2) is 4.79 Å². The molecule has 2 aromatic rings. The number of aliphatic carboxylic acids is 1. The lowest BCUT2D eigenvalue weighted by atomic mass is 9.95. The fourth-order valence-corrected chi connectivity index (χ4v) is 2.80. The SMILES string of the molecule is C=CC=C(C(=O)O)c1cccc2c1Cc1ccccc1-2. The third-order valence-electron chi connectivity index (χ3n) is 3.66. The highest BCUT2D eigenvalue weighted by atomic mass is 16.4. The molecular formula is C18H14O2. The average Bonchev–Trinajstić information content (AvgIpc) is 2.83. The molecule has 0 saturated carbocycles. The maximum absolute atomic E-state index is 11.4. The van der Waals surface area contributed by atoms with E-state index >= 15 is 0 Å². The number of allylic oxidation sites excluding steroid dienone is 2. The average molecular weight is 262 g/mol. The quantitative estimate of drug-likeness (QED) is 0.574. The highest BCUT2D eigenvalue weighted by molar-refractivity contribution is 6.16. The highest BCUT2D eigenvalue weighted by Gasteiger charge is 2.23. The number of carboxylic acids is 1. The minimum atomic E-state index is -0.922. The van der Waals surface area contributed by atoms with Crippen molar-refractivity contribution in [3.05, 3.63) is 77.9 Å². The zero-order chi connectivity index (χ0) is 14.1. The fraction of sp³-hybridized carbons (Fsp3) is 0.0556. The Morgan fingerprint density at radius 3 is 2.60 bits per heavy atom. The Morgan fingerprint density at radius 1 is 1.10 bits per heavy atom. The van der Waals surface area contributed by atoms with E-state index in [1.54, 1.807) is 6.08 Å². The monoisotopic (exact) mass is 262 g/mol. The van der Waals surface area contributed by atoms with Crippen LogP contribution in [0.4, 0.5) is 0 Å². The van der Waals surface area contributed by atoms with Crippen LogP contribution in [0.25, 0.3) is 16.7 Å². The zero-order valence-corrected chi connectivity index (χ0v) is 11.0. The summed E-state index contributed by atoms with van der Waals surface area (Å²) in [6, 6.07) is 14.0. The number of rotatable bonds is 3. The molecule has 0 aromatic heterocycles. The number of carboxylic acid groups (broad SMARTS) is 1. The number of carbonyl (C=O) groups is 1. The van der Waals surface area contributed by atoms with Crippen molar-refractivity contribution in [3.8, 4) is 11.1 Å². The van der Waals surface area contributed by atoms with Gasteiger partial charge in [0.25, 0.3) is 0 Å². The second-order valence-corrected chi connectivity index (χ2v) is 4.79. The number of fused-ring (bicyclic) bond motifs is 3. The summed E-state index contributed by atoms with van der Waals surface area (Å²) in [6.45, 7) is 3.60. The van der Waals surface area contributed by atoms with Gasteiger partial charge in [-0.1, -0.05) is 55.1 Å². The summed E-state index contributed by atoms with van der Waals surface area (Å²) in [5.74, 6) is -0.922. The van der Waals surface area contributed by atoms with Gasteiger partial charge in [-0.15, -0.1) is 0 Å². The summed E-state index contributed by atoms with van der Waals surface area (Å²) in [5.41, 5.74) is 5.75. The molecule has 1 N–H and O–H groups in total. The normalized spacial score (nSPS) is 12.7. The summed E-state index contributed by atoms with van der Waals surface area (Å²) < 4.78 is 0. The van der Waals surface area contributed by atoms with Crippen molar-refractivity contribution < 1.29 is 9.90 Å². The van der Waals surface area contributed by atoms with Crippen LogP contribution in [-0.2, 0) is 11.2 Å². The van der Waals surface area contributed by atoms with Crippen molar-refractivity contribution in [2.45, 2.75) is 6.42 Å². The molecule has 20 heavy (non-hydrogen) atoms. The molecule has 0 amide bonds. The second-order valence-electron chi connectivity index (χ2n) is 4.79. The van der Waals surface area contributed by atoms with Crippen LogP contribution in [0.15, 0.2) is 61.2 Å². The van der Waals surface area contributed by atoms with Crippen molar-refractivity contribution in [3.63, 3.8) is 0 Å². The number of benzene rings is 2. The standard InChI is InChI=1S/C18H14O2/c1-2-6-16(18(19)20)15-10-5-9-14-13-8-4-3-7-12(13)11-17(14)15/h2-10H,1,11H2,(H,19,20). The molecule has 0 bridgehead atoms. The van der Waals surface area contributed by atoms with Gasteiger partial charge in [0.15, 0.2) is 0 Å². The first-order chi connectivity index (χ1) is 9.72. The maximum Gasteiger partial charge on any atom is 0.336 e. The first kappa shape index (κ1) is 12.4. The van der Waals surface area contributed by atoms with Crippen molar-refractivity contribution in [2.24, 2.45) is 0 Å². The predicted molar refractivity (Wildman–Crippen MR) is 80.5 cm³/mol. The lowest BCUT2D eigenvalue weighted by Gasteiger charge is -2.09. The van der Waals surface area contributed by atoms with Crippen molar-refractivity contribution in [1.82, 2.24) is 0 Å². The van der Waals surface area contributed by atoms with Crippen LogP contribution in [0.2, 0.25) is 0 Å². The Balaban J connectivity index is 2.21. The van der Waals surface area contributed by atoms with E-state index in [2.05, 4.69) is 24.8 Å². The van der Waals surface area contributed by atoms with Gasteiger partial charge in [0.1, 0.15) is 0 Å². The molecule has 0 aliphatic heterocycles. The van der Waals surface area contributed by atoms with Crippen LogP contribution in [0.5, 0.6) is 0 Å². The largest absolute Gasteiger partial charge is 0.478 e. The summed E-state index contributed by atoms with van der Waals surface area (Å²) in [5, 5.41) is 9.39. The molecule has 1 aliphatic rings. The Hall–Kier alpha value is -2.61. The first-order valence-electron chi connectivity index (χ1n) is 6.49. The summed E-state index contributed by atoms with van der Waals surface area (Å²) in [7, 11) is 0. The fourth-order valence-electron chi connectivity index (χ4n) is 2.80. The van der Waals surface area contributed by atoms with Crippen LogP contribution in [-0.4, -0.2) is 11.1 Å². The Kier molecular flexibility index (Phi) is 2.99. The number of hydrogen-bond acceptors (Lipinski definition) is 1. The van der Waals surface area contributed by atoms with Crippen LogP contribution in [0.1, 0.15) is 16.7 Å². The molecule has 0 atom stereocenters. The van der Waals surface area contributed by atoms with E-state index in [4.69, 9.17) is 0 Å².